The van der Waals surface area contributed by atoms with Crippen LogP contribution in [0, 0.1) is 5.41 Å². The first-order valence-corrected chi connectivity index (χ1v) is 8.65. The van der Waals surface area contributed by atoms with Gasteiger partial charge >= 0.3 is 0 Å². The molecule has 1 fully saturated rings. The first-order chi connectivity index (χ1) is 12.6. The van der Waals surface area contributed by atoms with Gasteiger partial charge in [-0.25, -0.2) is 9.97 Å². The van der Waals surface area contributed by atoms with Crippen LogP contribution >= 0.6 is 0 Å². The van der Waals surface area contributed by atoms with Gasteiger partial charge in [-0.3, -0.25) is 4.79 Å². The molecule has 138 valence electrons. The number of amides is 1. The fourth-order valence-electron chi connectivity index (χ4n) is 3.25. The molecule has 0 atom stereocenters. The summed E-state index contributed by atoms with van der Waals surface area (Å²) in [7, 11) is 1.65. The molecule has 1 aromatic heterocycles. The first kappa shape index (κ1) is 18.3. The summed E-state index contributed by atoms with van der Waals surface area (Å²) in [6.07, 6.45) is 6.35. The van der Waals surface area contributed by atoms with E-state index in [1.165, 1.54) is 6.33 Å². The van der Waals surface area contributed by atoms with Crippen molar-refractivity contribution in [3.63, 3.8) is 0 Å². The van der Waals surface area contributed by atoms with Crippen molar-refractivity contribution in [3.8, 4) is 16.9 Å². The van der Waals surface area contributed by atoms with E-state index in [1.54, 1.807) is 19.5 Å². The zero-order valence-electron chi connectivity index (χ0n) is 14.9. The van der Waals surface area contributed by atoms with Crippen LogP contribution in [0.5, 0.6) is 5.75 Å². The maximum Gasteiger partial charge on any atom is 0.225 e. The lowest BCUT2D eigenvalue weighted by Gasteiger charge is -2.34. The number of nitrogens with two attached hydrogens (primary N) is 1. The number of ether oxygens (including phenoxy) is 2. The molecule has 26 heavy (non-hydrogen) atoms. The summed E-state index contributed by atoms with van der Waals surface area (Å²) in [5, 5.41) is 3.38. The minimum Gasteiger partial charge on any atom is -0.496 e. The summed E-state index contributed by atoms with van der Waals surface area (Å²) in [5.74, 6) is 0.522. The monoisotopic (exact) mass is 356 g/mol. The van der Waals surface area contributed by atoms with E-state index in [0.29, 0.717) is 39.1 Å². The second kappa shape index (κ2) is 8.25. The molecule has 1 aliphatic heterocycles. The molecule has 1 amide bonds. The van der Waals surface area contributed by atoms with E-state index in [2.05, 4.69) is 15.3 Å². The first-order valence-electron chi connectivity index (χ1n) is 8.65. The smallest absolute Gasteiger partial charge is 0.225 e. The van der Waals surface area contributed by atoms with Crippen molar-refractivity contribution in [2.24, 2.45) is 11.1 Å². The molecule has 7 heteroatoms. The second-order valence-corrected chi connectivity index (χ2v) is 6.51. The largest absolute Gasteiger partial charge is 0.496 e. The molecule has 0 radical (unpaired) electrons. The number of carbonyl (C=O) groups is 1. The Morgan fingerprint density at radius 1 is 1.27 bits per heavy atom. The van der Waals surface area contributed by atoms with Gasteiger partial charge in [-0.2, -0.15) is 0 Å². The Kier molecular flexibility index (Phi) is 5.80. The molecule has 2 aromatic rings. The molecule has 0 saturated carbocycles. The number of nitrogens with one attached hydrogen (secondary N) is 1. The van der Waals surface area contributed by atoms with Crippen molar-refractivity contribution in [1.29, 1.82) is 0 Å². The SMILES string of the molecule is COc1ccc(-c2cncnc2)cc1CNCC1(C(N)=O)CCOCC1. The van der Waals surface area contributed by atoms with Gasteiger partial charge in [0.15, 0.2) is 0 Å². The zero-order valence-corrected chi connectivity index (χ0v) is 14.9. The Hall–Kier alpha value is -2.51. The van der Waals surface area contributed by atoms with Gasteiger partial charge in [0.25, 0.3) is 0 Å². The lowest BCUT2D eigenvalue weighted by Crippen LogP contribution is -2.48. The van der Waals surface area contributed by atoms with Crippen molar-refractivity contribution in [1.82, 2.24) is 15.3 Å². The maximum absolute atomic E-state index is 12.0. The Morgan fingerprint density at radius 2 is 2.00 bits per heavy atom. The van der Waals surface area contributed by atoms with Crippen molar-refractivity contribution in [3.05, 3.63) is 42.5 Å². The maximum atomic E-state index is 12.0. The van der Waals surface area contributed by atoms with Gasteiger partial charge < -0.3 is 20.5 Å². The quantitative estimate of drug-likeness (QED) is 0.780. The zero-order chi connectivity index (χ0) is 18.4. The van der Waals surface area contributed by atoms with Gasteiger partial charge in [0, 0.05) is 49.8 Å². The number of carbonyl (C=O) groups excluding carboxylic acids is 1. The number of rotatable bonds is 7. The number of nitrogens with zero attached hydrogens (tertiary/aromatic N) is 2. The highest BCUT2D eigenvalue weighted by Gasteiger charge is 2.38. The minimum atomic E-state index is -0.545. The van der Waals surface area contributed by atoms with Crippen LogP contribution in [0.3, 0.4) is 0 Å². The fraction of sp³-hybridized carbons (Fsp3) is 0.421. The molecular weight excluding hydrogens is 332 g/mol. The summed E-state index contributed by atoms with van der Waals surface area (Å²) in [6.45, 7) is 2.23. The normalized spacial score (nSPS) is 16.2. The third-order valence-electron chi connectivity index (χ3n) is 4.93. The highest BCUT2D eigenvalue weighted by molar-refractivity contribution is 5.81. The highest BCUT2D eigenvalue weighted by atomic mass is 16.5. The predicted molar refractivity (Wildman–Crippen MR) is 97.4 cm³/mol. The second-order valence-electron chi connectivity index (χ2n) is 6.51. The van der Waals surface area contributed by atoms with Gasteiger partial charge in [-0.05, 0) is 30.5 Å². The molecule has 1 aliphatic rings. The van der Waals surface area contributed by atoms with Crippen LogP contribution in [0.25, 0.3) is 11.1 Å². The Morgan fingerprint density at radius 3 is 2.65 bits per heavy atom. The van der Waals surface area contributed by atoms with E-state index in [1.807, 2.05) is 18.2 Å². The molecule has 2 heterocycles. The molecular formula is C19H24N4O3. The molecule has 3 rings (SSSR count). The van der Waals surface area contributed by atoms with E-state index < -0.39 is 5.41 Å². The summed E-state index contributed by atoms with van der Waals surface area (Å²) in [5.41, 5.74) is 8.07. The average molecular weight is 356 g/mol. The summed E-state index contributed by atoms with van der Waals surface area (Å²) in [6, 6.07) is 5.95. The van der Waals surface area contributed by atoms with Gasteiger partial charge in [0.1, 0.15) is 12.1 Å². The molecule has 1 aromatic carbocycles. The number of aromatic nitrogens is 2. The molecule has 0 aliphatic carbocycles. The van der Waals surface area contributed by atoms with E-state index in [0.717, 1.165) is 22.4 Å². The van der Waals surface area contributed by atoms with E-state index >= 15 is 0 Å². The third kappa shape index (κ3) is 4.00. The Labute approximate surface area is 152 Å². The van der Waals surface area contributed by atoms with Crippen LogP contribution in [-0.2, 0) is 16.1 Å². The Balaban J connectivity index is 1.73. The fourth-order valence-corrected chi connectivity index (χ4v) is 3.25. The third-order valence-corrected chi connectivity index (χ3v) is 4.93. The highest BCUT2D eigenvalue weighted by Crippen LogP contribution is 2.30. The summed E-state index contributed by atoms with van der Waals surface area (Å²) >= 11 is 0. The predicted octanol–water partition coefficient (Wildman–Crippen LogP) is 1.52. The minimum absolute atomic E-state index is 0.268. The van der Waals surface area contributed by atoms with Crippen molar-refractivity contribution in [2.75, 3.05) is 26.9 Å². The lowest BCUT2D eigenvalue weighted by atomic mass is 9.79. The number of hydrogen-bond acceptors (Lipinski definition) is 6. The van der Waals surface area contributed by atoms with Gasteiger partial charge in [0.05, 0.1) is 12.5 Å². The molecule has 3 N–H and O–H groups in total. The van der Waals surface area contributed by atoms with E-state index in [4.69, 9.17) is 15.2 Å². The van der Waals surface area contributed by atoms with Crippen LogP contribution in [-0.4, -0.2) is 42.7 Å². The van der Waals surface area contributed by atoms with Crippen molar-refractivity contribution in [2.45, 2.75) is 19.4 Å². The van der Waals surface area contributed by atoms with Crippen LogP contribution in [0.15, 0.2) is 36.9 Å². The van der Waals surface area contributed by atoms with Crippen LogP contribution in [0.1, 0.15) is 18.4 Å². The van der Waals surface area contributed by atoms with Gasteiger partial charge in [-0.1, -0.05) is 6.07 Å². The van der Waals surface area contributed by atoms with Crippen molar-refractivity contribution >= 4 is 5.91 Å². The number of benzene rings is 1. The molecule has 0 spiro atoms. The molecule has 1 saturated heterocycles. The average Bonchev–Trinajstić information content (AvgIpc) is 2.69. The van der Waals surface area contributed by atoms with Gasteiger partial charge in [0.2, 0.25) is 5.91 Å². The molecule has 0 unspecified atom stereocenters. The topological polar surface area (TPSA) is 99.4 Å². The summed E-state index contributed by atoms with van der Waals surface area (Å²) < 4.78 is 10.8. The summed E-state index contributed by atoms with van der Waals surface area (Å²) in [4.78, 5) is 20.1. The Bertz CT molecular complexity index is 746. The standard InChI is InChI=1S/C19H24N4O3/c1-25-17-3-2-14(16-10-22-13-23-11-16)8-15(17)9-21-12-19(18(20)24)4-6-26-7-5-19/h2-3,8,10-11,13,21H,4-7,9,12H2,1H3,(H2,20,24). The molecule has 0 bridgehead atoms. The van der Waals surface area contributed by atoms with Crippen molar-refractivity contribution < 1.29 is 14.3 Å². The van der Waals surface area contributed by atoms with Gasteiger partial charge in [-0.15, -0.1) is 0 Å². The van der Waals surface area contributed by atoms with Crippen LogP contribution in [0.2, 0.25) is 0 Å². The van der Waals surface area contributed by atoms with E-state index in [-0.39, 0.29) is 5.91 Å². The number of primary amides is 1. The number of hydrogen-bond donors (Lipinski definition) is 2. The van der Waals surface area contributed by atoms with Crippen LogP contribution < -0.4 is 15.8 Å². The lowest BCUT2D eigenvalue weighted by molar-refractivity contribution is -0.132. The molecule has 7 nitrogen and oxygen atoms in total. The van der Waals surface area contributed by atoms with E-state index in [9.17, 15) is 4.79 Å². The number of methoxy groups -OCH3 is 1. The van der Waals surface area contributed by atoms with Crippen LogP contribution in [0.4, 0.5) is 0 Å².